The van der Waals surface area contributed by atoms with Crippen molar-refractivity contribution in [2.45, 2.75) is 32.4 Å². The molecule has 106 valence electrons. The summed E-state index contributed by atoms with van der Waals surface area (Å²) in [6, 6.07) is -0.151. The maximum Gasteiger partial charge on any atom is 0.410 e. The molecule has 0 radical (unpaired) electrons. The molecule has 0 aliphatic carbocycles. The molecule has 0 bridgehead atoms. The highest BCUT2D eigenvalue weighted by Crippen LogP contribution is 2.16. The predicted octanol–water partition coefficient (Wildman–Crippen LogP) is 0.753. The topological polar surface area (TPSA) is 111 Å². The first-order chi connectivity index (χ1) is 8.73. The second kappa shape index (κ2) is 5.68. The van der Waals surface area contributed by atoms with Gasteiger partial charge in [-0.25, -0.2) is 4.79 Å². The molecule has 0 unspecified atom stereocenters. The zero-order valence-electron chi connectivity index (χ0n) is 11.2. The van der Waals surface area contributed by atoms with Crippen molar-refractivity contribution in [3.63, 3.8) is 0 Å². The minimum atomic E-state index is -0.617. The van der Waals surface area contributed by atoms with Gasteiger partial charge < -0.3 is 15.4 Å². The van der Waals surface area contributed by atoms with Crippen molar-refractivity contribution in [3.05, 3.63) is 22.0 Å². The molecule has 1 aliphatic rings. The molecular weight excluding hydrogens is 252 g/mol. The van der Waals surface area contributed by atoms with Gasteiger partial charge in [0.05, 0.1) is 17.2 Å². The monoisotopic (exact) mass is 270 g/mol. The molecule has 19 heavy (non-hydrogen) atoms. The summed E-state index contributed by atoms with van der Waals surface area (Å²) in [5.74, 6) is 0. The number of amides is 1. The summed E-state index contributed by atoms with van der Waals surface area (Å²) < 4.78 is 5.17. The van der Waals surface area contributed by atoms with Gasteiger partial charge in [-0.15, -0.1) is 0 Å². The normalized spacial score (nSPS) is 17.4. The summed E-state index contributed by atoms with van der Waals surface area (Å²) in [6.07, 6.45) is 1.59. The van der Waals surface area contributed by atoms with Crippen LogP contribution in [0.2, 0.25) is 0 Å². The van der Waals surface area contributed by atoms with E-state index < -0.39 is 16.6 Å². The van der Waals surface area contributed by atoms with E-state index in [9.17, 15) is 14.9 Å². The van der Waals surface area contributed by atoms with Gasteiger partial charge in [0.25, 0.3) is 0 Å². The van der Waals surface area contributed by atoms with Crippen LogP contribution < -0.4 is 5.73 Å². The molecule has 1 fully saturated rings. The smallest absolute Gasteiger partial charge is 0.410 e. The van der Waals surface area contributed by atoms with E-state index in [1.54, 1.807) is 20.8 Å². The van der Waals surface area contributed by atoms with Gasteiger partial charge in [0.2, 0.25) is 0 Å². The van der Waals surface area contributed by atoms with Crippen LogP contribution in [0.3, 0.4) is 0 Å². The van der Waals surface area contributed by atoms with Crippen LogP contribution in [0.15, 0.2) is 16.9 Å². The van der Waals surface area contributed by atoms with E-state index in [-0.39, 0.29) is 11.7 Å². The summed E-state index contributed by atoms with van der Waals surface area (Å²) in [5, 5.41) is 10.5. The fraction of sp³-hybridized carbons (Fsp3) is 0.636. The Kier molecular flexibility index (Phi) is 4.47. The highest BCUT2D eigenvalue weighted by molar-refractivity contribution is 5.75. The minimum absolute atomic E-state index is 0.151. The fourth-order valence-electron chi connectivity index (χ4n) is 1.36. The van der Waals surface area contributed by atoms with E-state index in [1.165, 1.54) is 4.90 Å². The van der Waals surface area contributed by atoms with Crippen LogP contribution in [0.1, 0.15) is 20.8 Å². The lowest BCUT2D eigenvalue weighted by molar-refractivity contribution is -0.414. The van der Waals surface area contributed by atoms with Crippen molar-refractivity contribution in [2.24, 2.45) is 10.7 Å². The van der Waals surface area contributed by atoms with Gasteiger partial charge in [-0.1, -0.05) is 0 Å². The number of likely N-dealkylation sites (tertiary alicyclic amines) is 1. The third kappa shape index (κ3) is 4.57. The Morgan fingerprint density at radius 3 is 2.53 bits per heavy atom. The Morgan fingerprint density at radius 2 is 2.11 bits per heavy atom. The summed E-state index contributed by atoms with van der Waals surface area (Å²) in [6.45, 7) is 6.14. The molecular formula is C11H18N4O4. The van der Waals surface area contributed by atoms with Crippen LogP contribution in [0.4, 0.5) is 4.79 Å². The number of nitrogens with zero attached hydrogens (tertiary/aromatic N) is 3. The molecule has 8 nitrogen and oxygen atoms in total. The number of allylic oxidation sites excluding steroid dienone is 1. The molecule has 0 saturated carbocycles. The van der Waals surface area contributed by atoms with E-state index in [0.29, 0.717) is 13.1 Å². The lowest BCUT2D eigenvalue weighted by Gasteiger charge is -2.37. The number of nitrogens with two attached hydrogens (primary N) is 1. The first-order valence-corrected chi connectivity index (χ1v) is 5.80. The molecule has 0 aromatic carbocycles. The quantitative estimate of drug-likeness (QED) is 0.462. The summed E-state index contributed by atoms with van der Waals surface area (Å²) >= 11 is 0. The van der Waals surface area contributed by atoms with Crippen molar-refractivity contribution in [1.29, 1.82) is 0 Å². The van der Waals surface area contributed by atoms with Gasteiger partial charge in [-0.05, 0) is 20.8 Å². The van der Waals surface area contributed by atoms with Gasteiger partial charge in [0, 0.05) is 13.1 Å². The largest absolute Gasteiger partial charge is 0.444 e. The Hall–Kier alpha value is -2.12. The first-order valence-electron chi connectivity index (χ1n) is 5.80. The molecule has 0 atom stereocenters. The van der Waals surface area contributed by atoms with E-state index in [1.807, 2.05) is 0 Å². The molecule has 1 rings (SSSR count). The molecule has 0 spiro atoms. The van der Waals surface area contributed by atoms with Crippen molar-refractivity contribution in [3.8, 4) is 0 Å². The number of hydrogen-bond acceptors (Lipinski definition) is 6. The zero-order chi connectivity index (χ0) is 14.6. The molecule has 1 saturated heterocycles. The summed E-state index contributed by atoms with van der Waals surface area (Å²) in [4.78, 5) is 26.9. The van der Waals surface area contributed by atoms with Crippen LogP contribution in [-0.2, 0) is 4.74 Å². The van der Waals surface area contributed by atoms with Crippen LogP contribution >= 0.6 is 0 Å². The zero-order valence-corrected chi connectivity index (χ0v) is 11.2. The SMILES string of the molecule is CC(C)(C)OC(=O)N1CC(N=CC(=CN)[N+](=O)[O-])C1. The Bertz CT molecular complexity index is 419. The van der Waals surface area contributed by atoms with E-state index in [0.717, 1.165) is 12.4 Å². The van der Waals surface area contributed by atoms with E-state index in [4.69, 9.17) is 10.5 Å². The van der Waals surface area contributed by atoms with Gasteiger partial charge in [-0.3, -0.25) is 15.1 Å². The number of rotatable bonds is 3. The van der Waals surface area contributed by atoms with Crippen molar-refractivity contribution < 1.29 is 14.5 Å². The standard InChI is InChI=1S/C11H18N4O4/c1-11(2,3)19-10(16)14-6-8(7-14)13-5-9(4-12)15(17)18/h4-5,8H,6-7,12H2,1-3H3. The number of aliphatic imine (C=N–C) groups is 1. The first kappa shape index (κ1) is 14.9. The molecule has 1 amide bonds. The van der Waals surface area contributed by atoms with Crippen molar-refractivity contribution in [2.75, 3.05) is 13.1 Å². The molecule has 0 aromatic rings. The molecule has 8 heteroatoms. The Morgan fingerprint density at radius 1 is 1.53 bits per heavy atom. The van der Waals surface area contributed by atoms with Crippen LogP contribution in [0, 0.1) is 10.1 Å². The van der Waals surface area contributed by atoms with Gasteiger partial charge in [0.1, 0.15) is 11.8 Å². The molecule has 2 N–H and O–H groups in total. The molecule has 1 heterocycles. The van der Waals surface area contributed by atoms with Crippen LogP contribution in [0.5, 0.6) is 0 Å². The number of ether oxygens (including phenoxy) is 1. The van der Waals surface area contributed by atoms with Gasteiger partial charge >= 0.3 is 11.8 Å². The lowest BCUT2D eigenvalue weighted by Crippen LogP contribution is -2.54. The summed E-state index contributed by atoms with van der Waals surface area (Å²) in [7, 11) is 0. The second-order valence-corrected chi connectivity index (χ2v) is 5.17. The average Bonchev–Trinajstić information content (AvgIpc) is 2.17. The number of hydrogen-bond donors (Lipinski definition) is 1. The van der Waals surface area contributed by atoms with Crippen LogP contribution in [0.25, 0.3) is 0 Å². The predicted molar refractivity (Wildman–Crippen MR) is 69.4 cm³/mol. The maximum atomic E-state index is 11.6. The highest BCUT2D eigenvalue weighted by atomic mass is 16.6. The second-order valence-electron chi connectivity index (χ2n) is 5.17. The fourth-order valence-corrected chi connectivity index (χ4v) is 1.36. The Labute approximate surface area is 111 Å². The number of carbonyl (C=O) groups is 1. The van der Waals surface area contributed by atoms with Crippen molar-refractivity contribution in [1.82, 2.24) is 4.90 Å². The third-order valence-corrected chi connectivity index (χ3v) is 2.31. The average molecular weight is 270 g/mol. The maximum absolute atomic E-state index is 11.6. The lowest BCUT2D eigenvalue weighted by atomic mass is 10.1. The van der Waals surface area contributed by atoms with Gasteiger partial charge in [-0.2, -0.15) is 0 Å². The van der Waals surface area contributed by atoms with E-state index >= 15 is 0 Å². The van der Waals surface area contributed by atoms with Gasteiger partial charge in [0.15, 0.2) is 0 Å². The summed E-state index contributed by atoms with van der Waals surface area (Å²) in [5.41, 5.74) is 4.28. The molecule has 1 aliphatic heterocycles. The highest BCUT2D eigenvalue weighted by Gasteiger charge is 2.33. The Balaban J connectivity index is 2.40. The number of carbonyl (C=O) groups excluding carboxylic acids is 1. The minimum Gasteiger partial charge on any atom is -0.444 e. The third-order valence-electron chi connectivity index (χ3n) is 2.31. The number of nitro groups is 1. The molecule has 0 aromatic heterocycles. The van der Waals surface area contributed by atoms with Crippen LogP contribution in [-0.4, -0.2) is 46.9 Å². The van der Waals surface area contributed by atoms with E-state index in [2.05, 4.69) is 4.99 Å². The van der Waals surface area contributed by atoms with Crippen molar-refractivity contribution >= 4 is 12.3 Å².